The molecule has 0 spiro atoms. The first-order valence-electron chi connectivity index (χ1n) is 10.5. The van der Waals surface area contributed by atoms with Gasteiger partial charge in [-0.15, -0.1) is 0 Å². The number of imide groups is 1. The van der Waals surface area contributed by atoms with Crippen molar-refractivity contribution in [1.82, 2.24) is 4.90 Å². The van der Waals surface area contributed by atoms with E-state index in [0.29, 0.717) is 5.56 Å². The number of rotatable bonds is 6. The summed E-state index contributed by atoms with van der Waals surface area (Å²) in [4.78, 5) is 52.6. The van der Waals surface area contributed by atoms with Gasteiger partial charge in [-0.1, -0.05) is 38.1 Å². The zero-order valence-corrected chi connectivity index (χ0v) is 17.8. The van der Waals surface area contributed by atoms with Gasteiger partial charge >= 0.3 is 5.97 Å². The molecule has 1 heterocycles. The number of ketones is 1. The van der Waals surface area contributed by atoms with Crippen LogP contribution in [0.25, 0.3) is 0 Å². The molecule has 1 aliphatic heterocycles. The van der Waals surface area contributed by atoms with Crippen molar-refractivity contribution in [1.29, 1.82) is 0 Å². The molecule has 2 amide bonds. The van der Waals surface area contributed by atoms with Gasteiger partial charge in [-0.3, -0.25) is 19.3 Å². The van der Waals surface area contributed by atoms with Crippen molar-refractivity contribution in [3.63, 3.8) is 0 Å². The summed E-state index contributed by atoms with van der Waals surface area (Å²) in [5.74, 6) is -2.45. The van der Waals surface area contributed by atoms with Gasteiger partial charge in [-0.05, 0) is 55.2 Å². The molecule has 1 saturated heterocycles. The topological polar surface area (TPSA) is 80.8 Å². The summed E-state index contributed by atoms with van der Waals surface area (Å²) < 4.78 is 5.30. The number of esters is 1. The van der Waals surface area contributed by atoms with Crippen LogP contribution < -0.4 is 0 Å². The summed E-state index contributed by atoms with van der Waals surface area (Å²) in [5.41, 5.74) is 2.52. The van der Waals surface area contributed by atoms with Crippen molar-refractivity contribution >= 4 is 23.6 Å². The molecule has 2 fully saturated rings. The molecule has 0 aromatic heterocycles. The van der Waals surface area contributed by atoms with Crippen LogP contribution in [0.15, 0.2) is 30.4 Å². The molecule has 2 bridgehead atoms. The summed E-state index contributed by atoms with van der Waals surface area (Å²) in [7, 11) is 0. The van der Waals surface area contributed by atoms with E-state index in [0.717, 1.165) is 22.4 Å². The predicted molar refractivity (Wildman–Crippen MR) is 109 cm³/mol. The molecule has 4 rings (SSSR count). The molecule has 0 unspecified atom stereocenters. The van der Waals surface area contributed by atoms with Crippen molar-refractivity contribution in [3.8, 4) is 0 Å². The largest absolute Gasteiger partial charge is 0.456 e. The molecule has 2 aliphatic carbocycles. The Morgan fingerprint density at radius 2 is 1.63 bits per heavy atom. The monoisotopic (exact) mass is 409 g/mol. The molecule has 1 saturated carbocycles. The van der Waals surface area contributed by atoms with Gasteiger partial charge < -0.3 is 4.74 Å². The molecule has 158 valence electrons. The fourth-order valence-electron chi connectivity index (χ4n) is 5.10. The number of aryl methyl sites for hydroxylation is 2. The Hall–Kier alpha value is -2.76. The summed E-state index contributed by atoms with van der Waals surface area (Å²) in [6.07, 6.45) is 4.87. The Morgan fingerprint density at radius 3 is 2.17 bits per heavy atom. The number of nitrogens with zero attached hydrogens (tertiary/aromatic N) is 1. The Bertz CT molecular complexity index is 932. The Kier molecular flexibility index (Phi) is 5.12. The standard InChI is InChI=1S/C24H27NO5/c1-12(2)21(24(29)30-11-18(26)15-6-5-13(3)14(4)9-15)25-22(27)19-16-7-8-17(10-16)20(19)23(25)28/h5-9,12,16-17,19-21H,10-11H2,1-4H3/t16-,17-,19-,20-,21-/m0/s1. The minimum absolute atomic E-state index is 0.0802. The lowest BCUT2D eigenvalue weighted by Crippen LogP contribution is -2.50. The molecule has 1 aromatic carbocycles. The van der Waals surface area contributed by atoms with Gasteiger partial charge in [0.2, 0.25) is 11.8 Å². The lowest BCUT2D eigenvalue weighted by molar-refractivity contribution is -0.160. The maximum Gasteiger partial charge on any atom is 0.330 e. The minimum atomic E-state index is -1.01. The normalized spacial score (nSPS) is 27.7. The number of hydrogen-bond acceptors (Lipinski definition) is 5. The highest BCUT2D eigenvalue weighted by Gasteiger charge is 2.61. The summed E-state index contributed by atoms with van der Waals surface area (Å²) in [6, 6.07) is 4.31. The molecule has 6 nitrogen and oxygen atoms in total. The van der Waals surface area contributed by atoms with Gasteiger partial charge in [-0.2, -0.15) is 0 Å². The second-order valence-electron chi connectivity index (χ2n) is 9.07. The molecule has 1 aromatic rings. The zero-order valence-electron chi connectivity index (χ0n) is 17.8. The van der Waals surface area contributed by atoms with Crippen molar-refractivity contribution in [2.45, 2.75) is 40.2 Å². The SMILES string of the molecule is Cc1ccc(C(=O)COC(=O)[C@H](C(C)C)N2C(=O)[C@@H]3[C@@H](C2=O)[C@H]2C=C[C@H]3C2)cc1C. The first kappa shape index (κ1) is 20.5. The number of benzene rings is 1. The Balaban J connectivity index is 1.47. The van der Waals surface area contributed by atoms with Gasteiger partial charge in [0.15, 0.2) is 12.4 Å². The highest BCUT2D eigenvalue weighted by atomic mass is 16.5. The smallest absolute Gasteiger partial charge is 0.330 e. The van der Waals surface area contributed by atoms with Crippen LogP contribution in [-0.4, -0.2) is 41.1 Å². The van der Waals surface area contributed by atoms with Crippen LogP contribution in [0.3, 0.4) is 0 Å². The number of carbonyl (C=O) groups excluding carboxylic acids is 4. The average Bonchev–Trinajstić information content (AvgIpc) is 3.38. The third-order valence-corrected chi connectivity index (χ3v) is 6.83. The lowest BCUT2D eigenvalue weighted by Gasteiger charge is -2.28. The van der Waals surface area contributed by atoms with Crippen LogP contribution in [0.2, 0.25) is 0 Å². The third kappa shape index (κ3) is 3.18. The average molecular weight is 409 g/mol. The third-order valence-electron chi connectivity index (χ3n) is 6.83. The molecular formula is C24H27NO5. The van der Waals surface area contributed by atoms with E-state index in [-0.39, 0.29) is 47.2 Å². The van der Waals surface area contributed by atoms with Gasteiger partial charge in [0, 0.05) is 5.56 Å². The summed E-state index contributed by atoms with van der Waals surface area (Å²) in [6.45, 7) is 7.01. The number of fused-ring (bicyclic) bond motifs is 5. The first-order chi connectivity index (χ1) is 14.2. The van der Waals surface area contributed by atoms with E-state index < -0.39 is 18.6 Å². The van der Waals surface area contributed by atoms with E-state index in [9.17, 15) is 19.2 Å². The number of ether oxygens (including phenoxy) is 1. The van der Waals surface area contributed by atoms with Crippen LogP contribution in [-0.2, 0) is 19.1 Å². The van der Waals surface area contributed by atoms with E-state index in [4.69, 9.17) is 4.74 Å². The number of likely N-dealkylation sites (tertiary alicyclic amines) is 1. The van der Waals surface area contributed by atoms with E-state index in [1.54, 1.807) is 26.0 Å². The first-order valence-corrected chi connectivity index (χ1v) is 10.5. The minimum Gasteiger partial charge on any atom is -0.456 e. The van der Waals surface area contributed by atoms with E-state index in [1.807, 2.05) is 32.1 Å². The second-order valence-corrected chi connectivity index (χ2v) is 9.07. The van der Waals surface area contributed by atoms with Crippen LogP contribution in [0.5, 0.6) is 0 Å². The molecule has 0 N–H and O–H groups in total. The fourth-order valence-corrected chi connectivity index (χ4v) is 5.10. The molecular weight excluding hydrogens is 382 g/mol. The van der Waals surface area contributed by atoms with Crippen LogP contribution >= 0.6 is 0 Å². The maximum absolute atomic E-state index is 13.1. The van der Waals surface area contributed by atoms with Gasteiger partial charge in [0.05, 0.1) is 11.8 Å². The predicted octanol–water partition coefficient (Wildman–Crippen LogP) is 2.86. The molecule has 3 aliphatic rings. The van der Waals surface area contributed by atoms with Crippen molar-refractivity contribution < 1.29 is 23.9 Å². The number of Topliss-reactive ketones (excluding diaryl/α,β-unsaturated/α-hetero) is 1. The van der Waals surface area contributed by atoms with Crippen molar-refractivity contribution in [3.05, 3.63) is 47.0 Å². The van der Waals surface area contributed by atoms with Crippen LogP contribution in [0.1, 0.15) is 41.8 Å². The fraction of sp³-hybridized carbons (Fsp3) is 0.500. The number of allylic oxidation sites excluding steroid dienone is 2. The van der Waals surface area contributed by atoms with Gasteiger partial charge in [0.25, 0.3) is 0 Å². The van der Waals surface area contributed by atoms with Gasteiger partial charge in [0.1, 0.15) is 6.04 Å². The molecule has 0 radical (unpaired) electrons. The maximum atomic E-state index is 13.1. The van der Waals surface area contributed by atoms with Crippen LogP contribution in [0.4, 0.5) is 0 Å². The highest BCUT2D eigenvalue weighted by molar-refractivity contribution is 6.09. The number of amides is 2. The summed E-state index contributed by atoms with van der Waals surface area (Å²) >= 11 is 0. The number of carbonyl (C=O) groups is 4. The van der Waals surface area contributed by atoms with E-state index >= 15 is 0 Å². The van der Waals surface area contributed by atoms with Crippen LogP contribution in [0, 0.1) is 43.4 Å². The van der Waals surface area contributed by atoms with E-state index in [2.05, 4.69) is 0 Å². The lowest BCUT2D eigenvalue weighted by atomic mass is 9.85. The quantitative estimate of drug-likeness (QED) is 0.312. The summed E-state index contributed by atoms with van der Waals surface area (Å²) in [5, 5.41) is 0. The Labute approximate surface area is 176 Å². The molecule has 6 heteroatoms. The van der Waals surface area contributed by atoms with E-state index in [1.165, 1.54) is 0 Å². The van der Waals surface area contributed by atoms with Crippen molar-refractivity contribution in [2.75, 3.05) is 6.61 Å². The zero-order chi connectivity index (χ0) is 21.7. The van der Waals surface area contributed by atoms with Crippen molar-refractivity contribution in [2.24, 2.45) is 29.6 Å². The number of hydrogen-bond donors (Lipinski definition) is 0. The Morgan fingerprint density at radius 1 is 1.03 bits per heavy atom. The second kappa shape index (κ2) is 7.49. The highest BCUT2D eigenvalue weighted by Crippen LogP contribution is 2.53. The molecule has 30 heavy (non-hydrogen) atoms. The molecule has 5 atom stereocenters. The van der Waals surface area contributed by atoms with Gasteiger partial charge in [-0.25, -0.2) is 4.79 Å².